The van der Waals surface area contributed by atoms with E-state index in [-0.39, 0.29) is 16.9 Å². The summed E-state index contributed by atoms with van der Waals surface area (Å²) in [6.45, 7) is 3.89. The maximum absolute atomic E-state index is 11.1. The summed E-state index contributed by atoms with van der Waals surface area (Å²) in [5, 5.41) is -1.26. The van der Waals surface area contributed by atoms with E-state index < -0.39 is 10.5 Å². The molecule has 0 radical (unpaired) electrons. The van der Waals surface area contributed by atoms with Crippen LogP contribution in [-0.4, -0.2) is 17.1 Å². The van der Waals surface area contributed by atoms with Crippen LogP contribution in [0.4, 0.5) is 0 Å². The van der Waals surface area contributed by atoms with Crippen molar-refractivity contribution < 1.29 is 14.3 Å². The molecular formula is C12H10Cl2O3. The molecule has 1 aromatic carbocycles. The second-order valence-electron chi connectivity index (χ2n) is 3.18. The van der Waals surface area contributed by atoms with Gasteiger partial charge < -0.3 is 4.74 Å². The van der Waals surface area contributed by atoms with E-state index >= 15 is 0 Å². The first kappa shape index (κ1) is 13.7. The summed E-state index contributed by atoms with van der Waals surface area (Å²) in [5.74, 6) is 0.248. The second-order valence-corrected chi connectivity index (χ2v) is 3.87. The van der Waals surface area contributed by atoms with Crippen LogP contribution in [0.3, 0.4) is 0 Å². The molecule has 0 heterocycles. The number of carbonyl (C=O) groups excluding carboxylic acids is 2. The topological polar surface area (TPSA) is 43.4 Å². The molecular weight excluding hydrogens is 263 g/mol. The maximum atomic E-state index is 11.1. The lowest BCUT2D eigenvalue weighted by Crippen LogP contribution is -2.03. The van der Waals surface area contributed by atoms with E-state index in [0.717, 1.165) is 0 Å². The van der Waals surface area contributed by atoms with Crippen LogP contribution in [0.5, 0.6) is 5.75 Å². The van der Waals surface area contributed by atoms with Crippen molar-refractivity contribution in [1.82, 2.24) is 0 Å². The van der Waals surface area contributed by atoms with E-state index in [9.17, 15) is 9.59 Å². The normalized spacial score (nSPS) is 9.76. The predicted octanol–water partition coefficient (Wildman–Crippen LogP) is 3.40. The molecule has 0 aliphatic rings. The molecule has 17 heavy (non-hydrogen) atoms. The van der Waals surface area contributed by atoms with Gasteiger partial charge in [-0.05, 0) is 47.8 Å². The molecule has 0 unspecified atom stereocenters. The van der Waals surface area contributed by atoms with Gasteiger partial charge in [0.1, 0.15) is 5.75 Å². The van der Waals surface area contributed by atoms with Crippen molar-refractivity contribution in [3.05, 3.63) is 42.0 Å². The number of rotatable bonds is 6. The van der Waals surface area contributed by atoms with Crippen LogP contribution < -0.4 is 4.74 Å². The fourth-order valence-corrected chi connectivity index (χ4v) is 1.45. The lowest BCUT2D eigenvalue weighted by Gasteiger charge is -2.09. The molecule has 90 valence electrons. The summed E-state index contributed by atoms with van der Waals surface area (Å²) in [7, 11) is 0. The molecule has 0 fully saturated rings. The summed E-state index contributed by atoms with van der Waals surface area (Å²) >= 11 is 10.7. The van der Waals surface area contributed by atoms with Gasteiger partial charge in [-0.15, -0.1) is 6.58 Å². The quantitative estimate of drug-likeness (QED) is 0.453. The fourth-order valence-electron chi connectivity index (χ4n) is 1.18. The van der Waals surface area contributed by atoms with Crippen molar-refractivity contribution >= 4 is 33.7 Å². The van der Waals surface area contributed by atoms with Crippen molar-refractivity contribution in [2.75, 3.05) is 6.61 Å². The Kier molecular flexibility index (Phi) is 5.19. The number of hydrogen-bond acceptors (Lipinski definition) is 3. The van der Waals surface area contributed by atoms with Gasteiger partial charge in [-0.3, -0.25) is 9.59 Å². The van der Waals surface area contributed by atoms with Crippen molar-refractivity contribution in [3.8, 4) is 5.75 Å². The third-order valence-electron chi connectivity index (χ3n) is 2.00. The van der Waals surface area contributed by atoms with E-state index in [1.54, 1.807) is 6.08 Å². The van der Waals surface area contributed by atoms with Crippen LogP contribution in [0.1, 0.15) is 27.1 Å². The van der Waals surface area contributed by atoms with E-state index in [1.807, 2.05) is 0 Å². The Morgan fingerprint density at radius 1 is 1.29 bits per heavy atom. The Labute approximate surface area is 109 Å². The largest absolute Gasteiger partial charge is 0.492 e. The van der Waals surface area contributed by atoms with Gasteiger partial charge in [0.25, 0.3) is 10.5 Å². The van der Waals surface area contributed by atoms with E-state index in [1.165, 1.54) is 18.2 Å². The highest BCUT2D eigenvalue weighted by molar-refractivity contribution is 6.68. The predicted molar refractivity (Wildman–Crippen MR) is 67.1 cm³/mol. The standard InChI is InChI=1S/C12H10Cl2O3/c1-2-3-6-17-10-7-8(11(13)15)4-5-9(10)12(14)16/h2,4-5,7H,1,3,6H2. The molecule has 1 aromatic rings. The van der Waals surface area contributed by atoms with Gasteiger partial charge in [0.15, 0.2) is 0 Å². The average molecular weight is 273 g/mol. The molecule has 0 bridgehead atoms. The minimum absolute atomic E-state index is 0.206. The van der Waals surface area contributed by atoms with Crippen molar-refractivity contribution in [2.24, 2.45) is 0 Å². The minimum atomic E-state index is -0.646. The Morgan fingerprint density at radius 3 is 2.53 bits per heavy atom. The zero-order chi connectivity index (χ0) is 12.8. The zero-order valence-electron chi connectivity index (χ0n) is 8.91. The summed E-state index contributed by atoms with van der Waals surface area (Å²) in [6, 6.07) is 4.23. The number of hydrogen-bond donors (Lipinski definition) is 0. The molecule has 0 saturated heterocycles. The molecule has 1 rings (SSSR count). The van der Waals surface area contributed by atoms with Gasteiger partial charge >= 0.3 is 0 Å². The smallest absolute Gasteiger partial charge is 0.256 e. The molecule has 0 aliphatic heterocycles. The summed E-state index contributed by atoms with van der Waals surface area (Å²) < 4.78 is 5.34. The third kappa shape index (κ3) is 3.88. The first-order valence-corrected chi connectivity index (χ1v) is 5.59. The summed E-state index contributed by atoms with van der Waals surface area (Å²) in [5.41, 5.74) is 0.458. The first-order valence-electron chi connectivity index (χ1n) is 4.83. The van der Waals surface area contributed by atoms with Gasteiger partial charge in [0.2, 0.25) is 0 Å². The van der Waals surface area contributed by atoms with Crippen molar-refractivity contribution in [2.45, 2.75) is 6.42 Å². The molecule has 0 N–H and O–H groups in total. The van der Waals surface area contributed by atoms with Crippen LogP contribution in [0.2, 0.25) is 0 Å². The fraction of sp³-hybridized carbons (Fsp3) is 0.167. The zero-order valence-corrected chi connectivity index (χ0v) is 10.4. The van der Waals surface area contributed by atoms with Gasteiger partial charge in [-0.25, -0.2) is 0 Å². The average Bonchev–Trinajstić information content (AvgIpc) is 2.28. The Balaban J connectivity index is 3.02. The highest BCUT2D eigenvalue weighted by Gasteiger charge is 2.13. The van der Waals surface area contributed by atoms with Crippen LogP contribution in [-0.2, 0) is 0 Å². The Hall–Kier alpha value is -1.32. The molecule has 0 spiro atoms. The van der Waals surface area contributed by atoms with Crippen molar-refractivity contribution in [1.29, 1.82) is 0 Å². The van der Waals surface area contributed by atoms with Gasteiger partial charge in [-0.2, -0.15) is 0 Å². The minimum Gasteiger partial charge on any atom is -0.492 e. The highest BCUT2D eigenvalue weighted by Crippen LogP contribution is 2.23. The molecule has 0 amide bonds. The molecule has 5 heteroatoms. The van der Waals surface area contributed by atoms with Crippen LogP contribution >= 0.6 is 23.2 Å². The third-order valence-corrected chi connectivity index (χ3v) is 2.42. The summed E-state index contributed by atoms with van der Waals surface area (Å²) in [6.07, 6.45) is 2.30. The van der Waals surface area contributed by atoms with E-state index in [2.05, 4.69) is 6.58 Å². The van der Waals surface area contributed by atoms with Gasteiger partial charge in [-0.1, -0.05) is 6.08 Å². The second kappa shape index (κ2) is 6.42. The maximum Gasteiger partial charge on any atom is 0.256 e. The molecule has 0 saturated carbocycles. The van der Waals surface area contributed by atoms with Crippen LogP contribution in [0, 0.1) is 0 Å². The number of halogens is 2. The molecule has 0 aliphatic carbocycles. The highest BCUT2D eigenvalue weighted by atomic mass is 35.5. The SMILES string of the molecule is C=CCCOc1cc(C(=O)Cl)ccc1C(=O)Cl. The number of ether oxygens (including phenoxy) is 1. The molecule has 0 atom stereocenters. The number of benzene rings is 1. The number of carbonyl (C=O) groups is 2. The van der Waals surface area contributed by atoms with Crippen LogP contribution in [0.25, 0.3) is 0 Å². The van der Waals surface area contributed by atoms with Gasteiger partial charge in [0.05, 0.1) is 12.2 Å². The molecule has 0 aromatic heterocycles. The Bertz CT molecular complexity index is 455. The first-order chi connectivity index (χ1) is 8.06. The van der Waals surface area contributed by atoms with Crippen molar-refractivity contribution in [3.63, 3.8) is 0 Å². The lowest BCUT2D eigenvalue weighted by molar-refractivity contribution is 0.106. The Morgan fingerprint density at radius 2 is 2.00 bits per heavy atom. The van der Waals surface area contributed by atoms with Crippen LogP contribution in [0.15, 0.2) is 30.9 Å². The van der Waals surface area contributed by atoms with E-state index in [0.29, 0.717) is 13.0 Å². The van der Waals surface area contributed by atoms with Gasteiger partial charge in [0, 0.05) is 5.56 Å². The monoisotopic (exact) mass is 272 g/mol. The molecule has 3 nitrogen and oxygen atoms in total. The lowest BCUT2D eigenvalue weighted by atomic mass is 10.1. The summed E-state index contributed by atoms with van der Waals surface area (Å²) in [4.78, 5) is 22.1. The van der Waals surface area contributed by atoms with E-state index in [4.69, 9.17) is 27.9 Å².